The fourth-order valence-corrected chi connectivity index (χ4v) is 2.50. The van der Waals surface area contributed by atoms with E-state index in [1.165, 1.54) is 23.9 Å². The molecular formula is C12H7Cl2NO2S. The molecule has 92 valence electrons. The highest BCUT2D eigenvalue weighted by atomic mass is 35.5. The maximum atomic E-state index is 10.8. The van der Waals surface area contributed by atoms with Gasteiger partial charge in [0.1, 0.15) is 5.02 Å². The van der Waals surface area contributed by atoms with Crippen LogP contribution in [0.4, 0.5) is 5.69 Å². The van der Waals surface area contributed by atoms with Gasteiger partial charge in [-0.05, 0) is 36.4 Å². The van der Waals surface area contributed by atoms with Crippen LogP contribution in [-0.2, 0) is 0 Å². The molecule has 3 nitrogen and oxygen atoms in total. The second kappa shape index (κ2) is 5.61. The molecule has 0 heterocycles. The SMILES string of the molecule is O=[N+]([O-])c1cc(Sc2ccc(Cl)cc2)ccc1Cl. The lowest BCUT2D eigenvalue weighted by atomic mass is 10.3. The molecule has 0 aliphatic carbocycles. The third kappa shape index (κ3) is 3.16. The van der Waals surface area contributed by atoms with E-state index in [1.54, 1.807) is 18.2 Å². The summed E-state index contributed by atoms with van der Waals surface area (Å²) in [5.41, 5.74) is -0.0874. The van der Waals surface area contributed by atoms with Crippen LogP contribution in [-0.4, -0.2) is 4.92 Å². The summed E-state index contributed by atoms with van der Waals surface area (Å²) < 4.78 is 0. The van der Waals surface area contributed by atoms with Crippen molar-refractivity contribution in [2.24, 2.45) is 0 Å². The van der Waals surface area contributed by atoms with Gasteiger partial charge >= 0.3 is 0 Å². The number of hydrogen-bond acceptors (Lipinski definition) is 3. The first kappa shape index (κ1) is 13.2. The maximum absolute atomic E-state index is 10.8. The molecule has 2 rings (SSSR count). The molecule has 0 saturated heterocycles. The molecule has 0 radical (unpaired) electrons. The Kier molecular flexibility index (Phi) is 4.11. The van der Waals surface area contributed by atoms with E-state index in [2.05, 4.69) is 0 Å². The second-order valence-corrected chi connectivity index (χ2v) is 5.42. The van der Waals surface area contributed by atoms with E-state index in [9.17, 15) is 10.1 Å². The fraction of sp³-hybridized carbons (Fsp3) is 0. The van der Waals surface area contributed by atoms with Crippen molar-refractivity contribution in [2.75, 3.05) is 0 Å². The summed E-state index contributed by atoms with van der Waals surface area (Å²) in [6.07, 6.45) is 0. The van der Waals surface area contributed by atoms with E-state index in [4.69, 9.17) is 23.2 Å². The molecule has 0 saturated carbocycles. The number of nitrogens with zero attached hydrogens (tertiary/aromatic N) is 1. The van der Waals surface area contributed by atoms with Crippen LogP contribution in [0.2, 0.25) is 10.0 Å². The van der Waals surface area contributed by atoms with Gasteiger partial charge in [0.05, 0.1) is 4.92 Å². The van der Waals surface area contributed by atoms with Gasteiger partial charge in [-0.1, -0.05) is 35.0 Å². The Morgan fingerprint density at radius 3 is 2.22 bits per heavy atom. The molecule has 0 N–H and O–H groups in total. The minimum absolute atomic E-state index is 0.0874. The third-order valence-electron chi connectivity index (χ3n) is 2.16. The number of benzene rings is 2. The van der Waals surface area contributed by atoms with Gasteiger partial charge in [0.25, 0.3) is 5.69 Å². The first-order chi connectivity index (χ1) is 8.56. The van der Waals surface area contributed by atoms with Crippen molar-refractivity contribution >= 4 is 40.7 Å². The van der Waals surface area contributed by atoms with Gasteiger partial charge in [0.2, 0.25) is 0 Å². The molecular weight excluding hydrogens is 293 g/mol. The first-order valence-corrected chi connectivity index (χ1v) is 6.51. The summed E-state index contributed by atoms with van der Waals surface area (Å²) >= 11 is 12.9. The summed E-state index contributed by atoms with van der Waals surface area (Å²) in [4.78, 5) is 12.0. The lowest BCUT2D eigenvalue weighted by molar-refractivity contribution is -0.384. The van der Waals surface area contributed by atoms with Gasteiger partial charge in [-0.3, -0.25) is 10.1 Å². The predicted octanol–water partition coefficient (Wildman–Crippen LogP) is 5.05. The zero-order chi connectivity index (χ0) is 13.1. The number of nitro groups is 1. The zero-order valence-electron chi connectivity index (χ0n) is 8.97. The van der Waals surface area contributed by atoms with Gasteiger partial charge in [0, 0.05) is 20.9 Å². The quantitative estimate of drug-likeness (QED) is 0.588. The fourth-order valence-electron chi connectivity index (χ4n) is 1.33. The summed E-state index contributed by atoms with van der Waals surface area (Å²) in [6.45, 7) is 0. The average molecular weight is 300 g/mol. The second-order valence-electron chi connectivity index (χ2n) is 3.43. The predicted molar refractivity (Wildman–Crippen MR) is 73.7 cm³/mol. The Bertz CT molecular complexity index is 587. The van der Waals surface area contributed by atoms with E-state index in [0.29, 0.717) is 5.02 Å². The van der Waals surface area contributed by atoms with Gasteiger partial charge in [0.15, 0.2) is 0 Å². The molecule has 0 atom stereocenters. The van der Waals surface area contributed by atoms with E-state index < -0.39 is 4.92 Å². The number of halogens is 2. The standard InChI is InChI=1S/C12H7Cl2NO2S/c13-8-1-3-9(4-2-8)18-10-5-6-11(14)12(7-10)15(16)17/h1-7H. The molecule has 0 fully saturated rings. The Morgan fingerprint density at radius 1 is 1.00 bits per heavy atom. The molecule has 0 aromatic heterocycles. The topological polar surface area (TPSA) is 43.1 Å². The Balaban J connectivity index is 2.27. The van der Waals surface area contributed by atoms with Crippen LogP contribution < -0.4 is 0 Å². The molecule has 2 aromatic carbocycles. The largest absolute Gasteiger partial charge is 0.289 e. The number of nitro benzene ring substituents is 1. The van der Waals surface area contributed by atoms with E-state index in [1.807, 2.05) is 12.1 Å². The molecule has 0 amide bonds. The van der Waals surface area contributed by atoms with Crippen molar-refractivity contribution in [1.82, 2.24) is 0 Å². The van der Waals surface area contributed by atoms with Crippen molar-refractivity contribution in [1.29, 1.82) is 0 Å². The highest BCUT2D eigenvalue weighted by molar-refractivity contribution is 7.99. The van der Waals surface area contributed by atoms with E-state index in [0.717, 1.165) is 9.79 Å². The summed E-state index contributed by atoms with van der Waals surface area (Å²) in [6, 6.07) is 12.0. The van der Waals surface area contributed by atoms with Crippen molar-refractivity contribution in [3.63, 3.8) is 0 Å². The average Bonchev–Trinajstić information content (AvgIpc) is 2.34. The van der Waals surface area contributed by atoms with Crippen LogP contribution in [0.25, 0.3) is 0 Å². The normalized spacial score (nSPS) is 10.3. The van der Waals surface area contributed by atoms with E-state index >= 15 is 0 Å². The maximum Gasteiger partial charge on any atom is 0.289 e. The van der Waals surface area contributed by atoms with Gasteiger partial charge in [-0.25, -0.2) is 0 Å². The van der Waals surface area contributed by atoms with Crippen LogP contribution in [0.15, 0.2) is 52.3 Å². The van der Waals surface area contributed by atoms with Crippen LogP contribution in [0.1, 0.15) is 0 Å². The molecule has 0 aliphatic rings. The monoisotopic (exact) mass is 299 g/mol. The van der Waals surface area contributed by atoms with Crippen LogP contribution in [0.5, 0.6) is 0 Å². The molecule has 18 heavy (non-hydrogen) atoms. The van der Waals surface area contributed by atoms with Crippen LogP contribution in [0, 0.1) is 10.1 Å². The molecule has 2 aromatic rings. The van der Waals surface area contributed by atoms with E-state index in [-0.39, 0.29) is 10.7 Å². The van der Waals surface area contributed by atoms with Crippen molar-refractivity contribution in [3.8, 4) is 0 Å². The molecule has 6 heteroatoms. The lowest BCUT2D eigenvalue weighted by Crippen LogP contribution is -1.89. The van der Waals surface area contributed by atoms with Gasteiger partial charge < -0.3 is 0 Å². The molecule has 0 aliphatic heterocycles. The zero-order valence-corrected chi connectivity index (χ0v) is 11.3. The number of rotatable bonds is 3. The summed E-state index contributed by atoms with van der Waals surface area (Å²) in [7, 11) is 0. The first-order valence-electron chi connectivity index (χ1n) is 4.93. The van der Waals surface area contributed by atoms with Crippen molar-refractivity contribution in [3.05, 3.63) is 62.6 Å². The smallest absolute Gasteiger partial charge is 0.258 e. The van der Waals surface area contributed by atoms with Crippen LogP contribution >= 0.6 is 35.0 Å². The van der Waals surface area contributed by atoms with Crippen molar-refractivity contribution < 1.29 is 4.92 Å². The molecule has 0 unspecified atom stereocenters. The molecule has 0 spiro atoms. The lowest BCUT2D eigenvalue weighted by Gasteiger charge is -2.02. The van der Waals surface area contributed by atoms with Gasteiger partial charge in [-0.15, -0.1) is 0 Å². The van der Waals surface area contributed by atoms with Crippen LogP contribution in [0.3, 0.4) is 0 Å². The Labute approximate surface area is 118 Å². The summed E-state index contributed by atoms with van der Waals surface area (Å²) in [5, 5.41) is 11.6. The third-order valence-corrected chi connectivity index (χ3v) is 3.73. The Hall–Kier alpha value is -1.23. The molecule has 0 bridgehead atoms. The minimum Gasteiger partial charge on any atom is -0.258 e. The highest BCUT2D eigenvalue weighted by Crippen LogP contribution is 2.34. The van der Waals surface area contributed by atoms with Gasteiger partial charge in [-0.2, -0.15) is 0 Å². The van der Waals surface area contributed by atoms with Crippen molar-refractivity contribution in [2.45, 2.75) is 9.79 Å². The minimum atomic E-state index is -0.492. The highest BCUT2D eigenvalue weighted by Gasteiger charge is 2.13. The number of hydrogen-bond donors (Lipinski definition) is 0. The Morgan fingerprint density at radius 2 is 1.61 bits per heavy atom. The summed E-state index contributed by atoms with van der Waals surface area (Å²) in [5.74, 6) is 0.